The van der Waals surface area contributed by atoms with Crippen LogP contribution in [-0.2, 0) is 0 Å². The smallest absolute Gasteiger partial charge is 0.294 e. The molecular weight excluding hydrogens is 296 g/mol. The minimum absolute atomic E-state index is 0.000601. The molecule has 0 radical (unpaired) electrons. The lowest BCUT2D eigenvalue weighted by molar-refractivity contribution is -0.384. The Labute approximate surface area is 130 Å². The number of H-pyrrole nitrogens is 1. The summed E-state index contributed by atoms with van der Waals surface area (Å²) in [7, 11) is 0. The van der Waals surface area contributed by atoms with E-state index in [1.807, 2.05) is 24.3 Å². The molecule has 0 spiro atoms. The highest BCUT2D eigenvalue weighted by atomic mass is 16.6. The van der Waals surface area contributed by atoms with Crippen LogP contribution in [-0.4, -0.2) is 20.6 Å². The van der Waals surface area contributed by atoms with Crippen molar-refractivity contribution in [2.75, 3.05) is 5.43 Å². The second-order valence-electron chi connectivity index (χ2n) is 4.56. The molecule has 0 aliphatic heterocycles. The Kier molecular flexibility index (Phi) is 3.68. The Morgan fingerprint density at radius 1 is 1.26 bits per heavy atom. The van der Waals surface area contributed by atoms with Crippen molar-refractivity contribution < 1.29 is 4.92 Å². The fraction of sp³-hybridized carbons (Fsp3) is 0. The number of rotatable bonds is 4. The molecule has 0 bridgehead atoms. The number of benzene rings is 2. The number of nitriles is 1. The Morgan fingerprint density at radius 2 is 2.00 bits per heavy atom. The number of nitro benzene ring substituents is 1. The van der Waals surface area contributed by atoms with Crippen molar-refractivity contribution in [3.8, 4) is 6.07 Å². The molecule has 0 fully saturated rings. The summed E-state index contributed by atoms with van der Waals surface area (Å²) in [5.74, 6) is 0.291. The standard InChI is InChI=1S/C15H10N6O2/c16-9-13(15-17-10-5-1-2-6-11(10)18-15)20-19-12-7-3-4-8-14(12)21(22)23/h1-8,19H,(H,17,18)/b20-13+. The van der Waals surface area contributed by atoms with Crippen LogP contribution in [0, 0.1) is 21.4 Å². The van der Waals surface area contributed by atoms with Gasteiger partial charge in [0.15, 0.2) is 5.82 Å². The van der Waals surface area contributed by atoms with Crippen LogP contribution in [0.3, 0.4) is 0 Å². The van der Waals surface area contributed by atoms with Crippen molar-refractivity contribution in [3.05, 3.63) is 64.5 Å². The third-order valence-electron chi connectivity index (χ3n) is 3.11. The molecule has 0 atom stereocenters. The van der Waals surface area contributed by atoms with Gasteiger partial charge in [0, 0.05) is 6.07 Å². The quantitative estimate of drug-likeness (QED) is 0.436. The molecule has 0 unspecified atom stereocenters. The summed E-state index contributed by atoms with van der Waals surface area (Å²) in [5.41, 5.74) is 4.10. The average Bonchev–Trinajstić information content (AvgIpc) is 2.99. The first-order valence-corrected chi connectivity index (χ1v) is 6.61. The zero-order chi connectivity index (χ0) is 16.2. The van der Waals surface area contributed by atoms with Gasteiger partial charge in [0.1, 0.15) is 11.8 Å². The SMILES string of the molecule is N#C/C(=N\Nc1ccccc1[N+](=O)[O-])c1nc2ccccc2[nH]1. The maximum absolute atomic E-state index is 11.0. The highest BCUT2D eigenvalue weighted by Gasteiger charge is 2.13. The van der Waals surface area contributed by atoms with Gasteiger partial charge in [-0.2, -0.15) is 10.4 Å². The van der Waals surface area contributed by atoms with Gasteiger partial charge in [-0.15, -0.1) is 0 Å². The van der Waals surface area contributed by atoms with Gasteiger partial charge in [0.2, 0.25) is 5.71 Å². The fourth-order valence-corrected chi connectivity index (χ4v) is 2.04. The van der Waals surface area contributed by atoms with Gasteiger partial charge in [-0.3, -0.25) is 15.5 Å². The third kappa shape index (κ3) is 2.84. The predicted octanol–water partition coefficient (Wildman–Crippen LogP) is 2.81. The van der Waals surface area contributed by atoms with Gasteiger partial charge in [-0.25, -0.2) is 4.98 Å². The topological polar surface area (TPSA) is 120 Å². The van der Waals surface area contributed by atoms with Gasteiger partial charge in [-0.05, 0) is 18.2 Å². The number of fused-ring (bicyclic) bond motifs is 1. The van der Waals surface area contributed by atoms with Crippen LogP contribution in [0.25, 0.3) is 11.0 Å². The lowest BCUT2D eigenvalue weighted by atomic mass is 10.3. The van der Waals surface area contributed by atoms with Crippen molar-refractivity contribution >= 4 is 28.1 Å². The molecule has 2 N–H and O–H groups in total. The molecule has 0 saturated heterocycles. The van der Waals surface area contributed by atoms with Crippen LogP contribution in [0.1, 0.15) is 5.82 Å². The van der Waals surface area contributed by atoms with Crippen LogP contribution >= 0.6 is 0 Å². The van der Waals surface area contributed by atoms with E-state index in [9.17, 15) is 15.4 Å². The molecule has 1 heterocycles. The number of nitrogens with one attached hydrogen (secondary N) is 2. The van der Waals surface area contributed by atoms with Crippen LogP contribution < -0.4 is 5.43 Å². The first-order valence-electron chi connectivity index (χ1n) is 6.61. The number of para-hydroxylation sites is 4. The number of hydrogen-bond donors (Lipinski definition) is 2. The Bertz CT molecular complexity index is 921. The molecule has 1 aromatic heterocycles. The summed E-state index contributed by atoms with van der Waals surface area (Å²) >= 11 is 0. The molecule has 8 heteroatoms. The zero-order valence-electron chi connectivity index (χ0n) is 11.7. The monoisotopic (exact) mass is 306 g/mol. The van der Waals surface area contributed by atoms with E-state index in [0.29, 0.717) is 11.3 Å². The second kappa shape index (κ2) is 5.95. The minimum Gasteiger partial charge on any atom is -0.336 e. The minimum atomic E-state index is -0.523. The average molecular weight is 306 g/mol. The second-order valence-corrected chi connectivity index (χ2v) is 4.56. The maximum Gasteiger partial charge on any atom is 0.294 e. The molecule has 0 aliphatic rings. The highest BCUT2D eigenvalue weighted by molar-refractivity contribution is 6.10. The number of aromatic nitrogens is 2. The van der Waals surface area contributed by atoms with Crippen molar-refractivity contribution in [2.24, 2.45) is 5.10 Å². The summed E-state index contributed by atoms with van der Waals surface area (Å²) in [6, 6.07) is 15.3. The van der Waals surface area contributed by atoms with Gasteiger partial charge in [-0.1, -0.05) is 24.3 Å². The largest absolute Gasteiger partial charge is 0.336 e. The molecule has 0 aliphatic carbocycles. The Balaban J connectivity index is 1.94. The van der Waals surface area contributed by atoms with E-state index in [1.165, 1.54) is 12.1 Å². The Hall–Kier alpha value is -3.73. The number of anilines is 1. The third-order valence-corrected chi connectivity index (χ3v) is 3.11. The summed E-state index contributed by atoms with van der Waals surface area (Å²) in [4.78, 5) is 17.7. The van der Waals surface area contributed by atoms with Gasteiger partial charge in [0.25, 0.3) is 5.69 Å². The molecule has 0 saturated carbocycles. The number of nitrogens with zero attached hydrogens (tertiary/aromatic N) is 4. The number of aromatic amines is 1. The summed E-state index contributed by atoms with van der Waals surface area (Å²) in [5, 5.41) is 24.1. The first-order chi connectivity index (χ1) is 11.2. The first kappa shape index (κ1) is 14.2. The molecule has 23 heavy (non-hydrogen) atoms. The van der Waals surface area contributed by atoms with Crippen molar-refractivity contribution in [2.45, 2.75) is 0 Å². The summed E-state index contributed by atoms with van der Waals surface area (Å²) in [6.45, 7) is 0. The van der Waals surface area contributed by atoms with Crippen LogP contribution in [0.2, 0.25) is 0 Å². The van der Waals surface area contributed by atoms with Crippen LogP contribution in [0.5, 0.6) is 0 Å². The van der Waals surface area contributed by atoms with E-state index in [1.54, 1.807) is 18.2 Å². The van der Waals surface area contributed by atoms with Crippen LogP contribution in [0.4, 0.5) is 11.4 Å². The normalized spacial score (nSPS) is 11.2. The van der Waals surface area contributed by atoms with E-state index in [-0.39, 0.29) is 17.1 Å². The van der Waals surface area contributed by atoms with Crippen LogP contribution in [0.15, 0.2) is 53.6 Å². The molecule has 0 amide bonds. The van der Waals surface area contributed by atoms with E-state index in [4.69, 9.17) is 0 Å². The number of imidazole rings is 1. The molecule has 8 nitrogen and oxygen atoms in total. The van der Waals surface area contributed by atoms with E-state index in [2.05, 4.69) is 20.5 Å². The molecular formula is C15H10N6O2. The van der Waals surface area contributed by atoms with Gasteiger partial charge in [0.05, 0.1) is 16.0 Å². The number of hydrazone groups is 1. The maximum atomic E-state index is 11.0. The van der Waals surface area contributed by atoms with Crippen molar-refractivity contribution in [1.29, 1.82) is 5.26 Å². The number of hydrogen-bond acceptors (Lipinski definition) is 6. The summed E-state index contributed by atoms with van der Waals surface area (Å²) in [6.07, 6.45) is 0. The lowest BCUT2D eigenvalue weighted by Gasteiger charge is -2.01. The van der Waals surface area contributed by atoms with E-state index >= 15 is 0 Å². The fourth-order valence-electron chi connectivity index (χ4n) is 2.04. The lowest BCUT2D eigenvalue weighted by Crippen LogP contribution is -2.05. The zero-order valence-corrected chi connectivity index (χ0v) is 11.7. The predicted molar refractivity (Wildman–Crippen MR) is 85.0 cm³/mol. The Morgan fingerprint density at radius 3 is 2.74 bits per heavy atom. The van der Waals surface area contributed by atoms with Gasteiger partial charge < -0.3 is 4.98 Å². The van der Waals surface area contributed by atoms with Crippen molar-refractivity contribution in [1.82, 2.24) is 9.97 Å². The molecule has 3 aromatic rings. The van der Waals surface area contributed by atoms with E-state index < -0.39 is 4.92 Å². The highest BCUT2D eigenvalue weighted by Crippen LogP contribution is 2.23. The molecule has 112 valence electrons. The molecule has 3 rings (SSSR count). The summed E-state index contributed by atoms with van der Waals surface area (Å²) < 4.78 is 0. The number of nitro groups is 1. The molecule has 2 aromatic carbocycles. The van der Waals surface area contributed by atoms with E-state index in [0.717, 1.165) is 5.52 Å². The van der Waals surface area contributed by atoms with Crippen molar-refractivity contribution in [3.63, 3.8) is 0 Å². The van der Waals surface area contributed by atoms with Gasteiger partial charge >= 0.3 is 0 Å².